The van der Waals surface area contributed by atoms with Crippen LogP contribution >= 0.6 is 51.2 Å². The number of rotatable bonds is 4. The average molecular weight is 548 g/mol. The van der Waals surface area contributed by atoms with Crippen LogP contribution in [0.1, 0.15) is 18.4 Å². The van der Waals surface area contributed by atoms with Crippen molar-refractivity contribution in [3.63, 3.8) is 0 Å². The molecule has 5 nitrogen and oxygen atoms in total. The van der Waals surface area contributed by atoms with Gasteiger partial charge in [-0.25, -0.2) is 4.98 Å². The van der Waals surface area contributed by atoms with Crippen LogP contribution in [0.25, 0.3) is 0 Å². The van der Waals surface area contributed by atoms with Crippen molar-refractivity contribution in [2.75, 3.05) is 37.6 Å². The van der Waals surface area contributed by atoms with E-state index in [0.717, 1.165) is 37.9 Å². The van der Waals surface area contributed by atoms with E-state index in [-0.39, 0.29) is 29.4 Å². The molecule has 26 heavy (non-hydrogen) atoms. The highest BCUT2D eigenvalue weighted by Crippen LogP contribution is 2.50. The fraction of sp³-hybridized carbons (Fsp3) is 0.444. The quantitative estimate of drug-likeness (QED) is 0.360. The highest BCUT2D eigenvalue weighted by Gasteiger charge is 2.45. The van der Waals surface area contributed by atoms with E-state index in [9.17, 15) is 0 Å². The Morgan fingerprint density at radius 3 is 2.58 bits per heavy atom. The molecule has 2 aromatic rings. The van der Waals surface area contributed by atoms with E-state index < -0.39 is 0 Å². The first-order chi connectivity index (χ1) is 12.2. The lowest BCUT2D eigenvalue weighted by Gasteiger charge is -2.35. The van der Waals surface area contributed by atoms with Crippen LogP contribution in [0, 0.1) is 0 Å². The van der Waals surface area contributed by atoms with Gasteiger partial charge in [0, 0.05) is 47.6 Å². The van der Waals surface area contributed by atoms with Gasteiger partial charge < -0.3 is 15.5 Å². The summed E-state index contributed by atoms with van der Waals surface area (Å²) in [6, 6.07) is 8.48. The molecular formula is C18H23BrIN5S. The third-order valence-corrected chi connectivity index (χ3v) is 6.66. The maximum absolute atomic E-state index is 6.30. The number of nitrogens with two attached hydrogens (primary N) is 1. The van der Waals surface area contributed by atoms with Gasteiger partial charge in [-0.15, -0.1) is 35.3 Å². The Labute approximate surface area is 183 Å². The van der Waals surface area contributed by atoms with E-state index in [1.54, 1.807) is 11.3 Å². The second-order valence-corrected chi connectivity index (χ2v) is 8.45. The van der Waals surface area contributed by atoms with Crippen LogP contribution < -0.4 is 10.6 Å². The van der Waals surface area contributed by atoms with Gasteiger partial charge in [0.2, 0.25) is 0 Å². The third kappa shape index (κ3) is 4.17. The maximum Gasteiger partial charge on any atom is 0.191 e. The average Bonchev–Trinajstić information content (AvgIpc) is 3.22. The number of halogens is 2. The van der Waals surface area contributed by atoms with Gasteiger partial charge in [0.15, 0.2) is 11.1 Å². The minimum Gasteiger partial charge on any atom is -0.370 e. The lowest BCUT2D eigenvalue weighted by molar-refractivity contribution is 0.380. The van der Waals surface area contributed by atoms with E-state index in [1.807, 2.05) is 11.6 Å². The van der Waals surface area contributed by atoms with E-state index in [1.165, 1.54) is 22.9 Å². The summed E-state index contributed by atoms with van der Waals surface area (Å²) in [5.74, 6) is 0.678. The van der Waals surface area contributed by atoms with Crippen LogP contribution in [-0.2, 0) is 5.41 Å². The second kappa shape index (κ2) is 8.43. The van der Waals surface area contributed by atoms with Crippen molar-refractivity contribution in [1.29, 1.82) is 0 Å². The standard InChI is InChI=1S/C18H22BrN5S.HI/c19-15-4-2-1-3-14(15)18(5-6-18)13-22-16(20)23-8-10-24(11-9-23)17-21-7-12-25-17;/h1-4,7,12H,5-6,8-11,13H2,(H2,20,22);1H. The van der Waals surface area contributed by atoms with Gasteiger partial charge in [0.05, 0.1) is 6.54 Å². The minimum absolute atomic E-state index is 0. The van der Waals surface area contributed by atoms with Crippen molar-refractivity contribution in [3.05, 3.63) is 45.9 Å². The molecule has 1 aromatic carbocycles. The molecule has 1 aliphatic heterocycles. The molecule has 1 saturated carbocycles. The number of benzene rings is 1. The zero-order chi connectivity index (χ0) is 17.3. The number of nitrogens with zero attached hydrogens (tertiary/aromatic N) is 4. The van der Waals surface area contributed by atoms with Gasteiger partial charge in [-0.05, 0) is 24.5 Å². The zero-order valence-corrected chi connectivity index (χ0v) is 19.2. The first-order valence-electron chi connectivity index (χ1n) is 8.62. The second-order valence-electron chi connectivity index (χ2n) is 6.72. The number of hydrogen-bond donors (Lipinski definition) is 1. The molecule has 0 amide bonds. The van der Waals surface area contributed by atoms with Crippen LogP contribution in [-0.4, -0.2) is 48.6 Å². The summed E-state index contributed by atoms with van der Waals surface area (Å²) in [5, 5.41) is 3.12. The number of anilines is 1. The SMILES string of the molecule is I.NC(=NCC1(c2ccccc2Br)CC1)N1CCN(c2nccs2)CC1. The van der Waals surface area contributed by atoms with Crippen LogP contribution in [0.5, 0.6) is 0 Å². The Bertz CT molecular complexity index is 755. The molecule has 2 aliphatic rings. The Hall–Kier alpha value is -0.870. The summed E-state index contributed by atoms with van der Waals surface area (Å²) in [6.45, 7) is 4.46. The van der Waals surface area contributed by atoms with Crippen molar-refractivity contribution < 1.29 is 0 Å². The molecule has 0 radical (unpaired) electrons. The molecule has 2 heterocycles. The molecule has 2 N–H and O–H groups in total. The van der Waals surface area contributed by atoms with Gasteiger partial charge in [0.25, 0.3) is 0 Å². The van der Waals surface area contributed by atoms with Crippen LogP contribution in [0.2, 0.25) is 0 Å². The van der Waals surface area contributed by atoms with Crippen LogP contribution in [0.4, 0.5) is 5.13 Å². The number of thiazole rings is 1. The summed E-state index contributed by atoms with van der Waals surface area (Å²) in [6.07, 6.45) is 4.23. The molecule has 0 spiro atoms. The normalized spacial score (nSPS) is 19.2. The number of hydrogen-bond acceptors (Lipinski definition) is 4. The fourth-order valence-corrected chi connectivity index (χ4v) is 4.79. The smallest absolute Gasteiger partial charge is 0.191 e. The monoisotopic (exact) mass is 547 g/mol. The molecule has 4 rings (SSSR count). The summed E-state index contributed by atoms with van der Waals surface area (Å²) in [5.41, 5.74) is 7.83. The number of piperazine rings is 1. The molecule has 140 valence electrons. The van der Waals surface area contributed by atoms with Crippen LogP contribution in [0.15, 0.2) is 45.3 Å². The van der Waals surface area contributed by atoms with Crippen molar-refractivity contribution in [2.24, 2.45) is 10.7 Å². The minimum atomic E-state index is 0. The lowest BCUT2D eigenvalue weighted by atomic mass is 9.96. The predicted octanol–water partition coefficient (Wildman–Crippen LogP) is 3.69. The van der Waals surface area contributed by atoms with E-state index in [4.69, 9.17) is 10.7 Å². The molecule has 1 saturated heterocycles. The lowest BCUT2D eigenvalue weighted by Crippen LogP contribution is -2.51. The van der Waals surface area contributed by atoms with Crippen LogP contribution in [0.3, 0.4) is 0 Å². The topological polar surface area (TPSA) is 57.8 Å². The fourth-order valence-electron chi connectivity index (χ4n) is 3.39. The van der Waals surface area contributed by atoms with Crippen molar-refractivity contribution in [1.82, 2.24) is 9.88 Å². The summed E-state index contributed by atoms with van der Waals surface area (Å²) in [7, 11) is 0. The van der Waals surface area contributed by atoms with Crippen molar-refractivity contribution >= 4 is 62.3 Å². The third-order valence-electron chi connectivity index (χ3n) is 5.14. The number of aliphatic imine (C=N–C) groups is 1. The molecule has 0 atom stereocenters. The highest BCUT2D eigenvalue weighted by molar-refractivity contribution is 14.0. The molecule has 1 aromatic heterocycles. The van der Waals surface area contributed by atoms with Gasteiger partial charge >= 0.3 is 0 Å². The zero-order valence-electron chi connectivity index (χ0n) is 14.5. The van der Waals surface area contributed by atoms with Gasteiger partial charge in [-0.1, -0.05) is 34.1 Å². The number of aromatic nitrogens is 1. The Kier molecular flexibility index (Phi) is 6.45. The Balaban J connectivity index is 0.00000196. The summed E-state index contributed by atoms with van der Waals surface area (Å²) >= 11 is 5.37. The Morgan fingerprint density at radius 2 is 1.96 bits per heavy atom. The molecule has 1 aliphatic carbocycles. The predicted molar refractivity (Wildman–Crippen MR) is 123 cm³/mol. The summed E-state index contributed by atoms with van der Waals surface area (Å²) in [4.78, 5) is 13.7. The molecule has 2 fully saturated rings. The van der Waals surface area contributed by atoms with E-state index in [2.05, 4.69) is 55.0 Å². The van der Waals surface area contributed by atoms with Crippen molar-refractivity contribution in [3.8, 4) is 0 Å². The molecular weight excluding hydrogens is 525 g/mol. The largest absolute Gasteiger partial charge is 0.370 e. The van der Waals surface area contributed by atoms with E-state index >= 15 is 0 Å². The van der Waals surface area contributed by atoms with Gasteiger partial charge in [-0.3, -0.25) is 4.99 Å². The first kappa shape index (κ1) is 19.9. The van der Waals surface area contributed by atoms with Gasteiger partial charge in [0.1, 0.15) is 0 Å². The Morgan fingerprint density at radius 1 is 1.23 bits per heavy atom. The number of guanidine groups is 1. The van der Waals surface area contributed by atoms with Gasteiger partial charge in [-0.2, -0.15) is 0 Å². The highest BCUT2D eigenvalue weighted by atomic mass is 127. The first-order valence-corrected chi connectivity index (χ1v) is 10.3. The van der Waals surface area contributed by atoms with Crippen molar-refractivity contribution in [2.45, 2.75) is 18.3 Å². The van der Waals surface area contributed by atoms with E-state index in [0.29, 0.717) is 5.96 Å². The molecule has 0 bridgehead atoms. The molecule has 8 heteroatoms. The summed E-state index contributed by atoms with van der Waals surface area (Å²) < 4.78 is 1.18. The maximum atomic E-state index is 6.30. The molecule has 0 unspecified atom stereocenters.